The zero-order valence-corrected chi connectivity index (χ0v) is 21.8. The second kappa shape index (κ2) is 11.5. The summed E-state index contributed by atoms with van der Waals surface area (Å²) in [5.74, 6) is 1.15. The third-order valence-electron chi connectivity index (χ3n) is 6.55. The lowest BCUT2D eigenvalue weighted by atomic mass is 10.1. The molecule has 1 fully saturated rings. The molecule has 1 atom stereocenters. The van der Waals surface area contributed by atoms with E-state index in [0.29, 0.717) is 41.7 Å². The van der Waals surface area contributed by atoms with Crippen LogP contribution in [0.5, 0.6) is 11.5 Å². The second-order valence-corrected chi connectivity index (χ2v) is 9.44. The number of ether oxygens (including phenoxy) is 2. The number of hydrogen-bond donors (Lipinski definition) is 3. The topological polar surface area (TPSA) is 95.2 Å². The van der Waals surface area contributed by atoms with Crippen molar-refractivity contribution in [1.82, 2.24) is 15.6 Å². The van der Waals surface area contributed by atoms with Crippen molar-refractivity contribution in [2.75, 3.05) is 43.7 Å². The van der Waals surface area contributed by atoms with Gasteiger partial charge in [0.05, 0.1) is 23.5 Å². The van der Waals surface area contributed by atoms with E-state index in [1.807, 2.05) is 59.6 Å². The van der Waals surface area contributed by atoms with Crippen LogP contribution in [-0.4, -0.2) is 50.3 Å². The first-order valence-corrected chi connectivity index (χ1v) is 12.9. The molecular formula is C28H30ClN5O4. The molecule has 5 rings (SSSR count). The van der Waals surface area contributed by atoms with Crippen molar-refractivity contribution < 1.29 is 19.1 Å². The van der Waals surface area contributed by atoms with Crippen LogP contribution in [-0.2, 0) is 11.3 Å². The minimum Gasteiger partial charge on any atom is -0.497 e. The zero-order valence-electron chi connectivity index (χ0n) is 21.1. The summed E-state index contributed by atoms with van der Waals surface area (Å²) in [6, 6.07) is 19.0. The predicted molar refractivity (Wildman–Crippen MR) is 147 cm³/mol. The number of amides is 3. The number of fused-ring (bicyclic) bond motifs is 1. The molecule has 1 saturated heterocycles. The van der Waals surface area contributed by atoms with Gasteiger partial charge in [-0.25, -0.2) is 4.79 Å². The highest BCUT2D eigenvalue weighted by atomic mass is 35.5. The van der Waals surface area contributed by atoms with Gasteiger partial charge in [-0.15, -0.1) is 0 Å². The standard InChI is InChI=1S/C28H30ClN5O4/c1-37-21-9-10-22(29)24(17-21)33-13-5-14-34(33)27(35)26(20-6-3-2-4-7-20)32-28(36)31-18-19-8-11-23-25(16-19)38-15-12-30-23/h2-4,6-11,16-17,26,30H,5,12-15,18H2,1H3,(H2,31,32,36). The van der Waals surface area contributed by atoms with Gasteiger partial charge < -0.3 is 25.4 Å². The normalized spacial score (nSPS) is 15.1. The van der Waals surface area contributed by atoms with Gasteiger partial charge in [0.25, 0.3) is 5.91 Å². The maximum atomic E-state index is 13.9. The molecule has 0 radical (unpaired) electrons. The van der Waals surface area contributed by atoms with Crippen molar-refractivity contribution in [1.29, 1.82) is 0 Å². The summed E-state index contributed by atoms with van der Waals surface area (Å²) in [5, 5.41) is 13.0. The van der Waals surface area contributed by atoms with Crippen molar-refractivity contribution >= 4 is 34.9 Å². The Kier molecular flexibility index (Phi) is 7.74. The molecule has 2 aliphatic heterocycles. The smallest absolute Gasteiger partial charge is 0.315 e. The number of nitrogens with zero attached hydrogens (tertiary/aromatic N) is 2. The molecule has 2 heterocycles. The minimum absolute atomic E-state index is 0.254. The first-order valence-electron chi connectivity index (χ1n) is 12.5. The van der Waals surface area contributed by atoms with Crippen molar-refractivity contribution in [3.8, 4) is 11.5 Å². The SMILES string of the molecule is COc1ccc(Cl)c(N2CCCN2C(=O)C(NC(=O)NCc2ccc3c(c2)OCCN3)c2ccccc2)c1. The highest BCUT2D eigenvalue weighted by Crippen LogP contribution is 2.34. The van der Waals surface area contributed by atoms with Crippen LogP contribution in [0, 0.1) is 0 Å². The van der Waals surface area contributed by atoms with Crippen LogP contribution in [0.3, 0.4) is 0 Å². The fourth-order valence-corrected chi connectivity index (χ4v) is 4.86. The Hall–Kier alpha value is -4.11. The van der Waals surface area contributed by atoms with Gasteiger partial charge in [0, 0.05) is 32.2 Å². The van der Waals surface area contributed by atoms with Gasteiger partial charge in [0.1, 0.15) is 24.1 Å². The number of methoxy groups -OCH3 is 1. The Labute approximate surface area is 226 Å². The van der Waals surface area contributed by atoms with Crippen LogP contribution in [0.25, 0.3) is 0 Å². The Balaban J connectivity index is 1.32. The van der Waals surface area contributed by atoms with E-state index in [9.17, 15) is 9.59 Å². The molecule has 9 nitrogen and oxygen atoms in total. The van der Waals surface area contributed by atoms with Crippen LogP contribution < -0.4 is 30.4 Å². The molecule has 10 heteroatoms. The van der Waals surface area contributed by atoms with Gasteiger partial charge >= 0.3 is 6.03 Å². The molecule has 0 bridgehead atoms. The molecule has 0 saturated carbocycles. The summed E-state index contributed by atoms with van der Waals surface area (Å²) >= 11 is 6.50. The fraction of sp³-hybridized carbons (Fsp3) is 0.286. The van der Waals surface area contributed by atoms with E-state index in [2.05, 4.69) is 16.0 Å². The molecule has 1 unspecified atom stereocenters. The molecule has 3 aromatic carbocycles. The van der Waals surface area contributed by atoms with Gasteiger partial charge in [-0.3, -0.25) is 14.8 Å². The van der Waals surface area contributed by atoms with Gasteiger partial charge in [0.15, 0.2) is 0 Å². The van der Waals surface area contributed by atoms with Gasteiger partial charge in [0.2, 0.25) is 0 Å². The predicted octanol–water partition coefficient (Wildman–Crippen LogP) is 4.35. The van der Waals surface area contributed by atoms with E-state index in [4.69, 9.17) is 21.1 Å². The Morgan fingerprint density at radius 3 is 2.76 bits per heavy atom. The summed E-state index contributed by atoms with van der Waals surface area (Å²) in [4.78, 5) is 26.9. The quantitative estimate of drug-likeness (QED) is 0.416. The molecule has 3 amide bonds. The number of nitrogens with one attached hydrogen (secondary N) is 3. The van der Waals surface area contributed by atoms with Crippen molar-refractivity contribution in [3.63, 3.8) is 0 Å². The number of halogens is 1. The lowest BCUT2D eigenvalue weighted by Crippen LogP contribution is -2.49. The summed E-state index contributed by atoms with van der Waals surface area (Å²) in [6.07, 6.45) is 0.766. The van der Waals surface area contributed by atoms with E-state index in [0.717, 1.165) is 30.0 Å². The fourth-order valence-electron chi connectivity index (χ4n) is 4.64. The summed E-state index contributed by atoms with van der Waals surface area (Å²) in [7, 11) is 1.59. The third kappa shape index (κ3) is 5.57. The average molecular weight is 536 g/mol. The van der Waals surface area contributed by atoms with E-state index in [1.165, 1.54) is 0 Å². The molecule has 0 spiro atoms. The number of carbonyl (C=O) groups excluding carboxylic acids is 2. The molecule has 0 aromatic heterocycles. The van der Waals surface area contributed by atoms with Gasteiger partial charge in [-0.05, 0) is 41.8 Å². The first-order chi connectivity index (χ1) is 18.5. The first kappa shape index (κ1) is 25.5. The molecule has 38 heavy (non-hydrogen) atoms. The molecular weight excluding hydrogens is 506 g/mol. The minimum atomic E-state index is -0.891. The molecule has 198 valence electrons. The number of hydrogen-bond acceptors (Lipinski definition) is 6. The lowest BCUT2D eigenvalue weighted by molar-refractivity contribution is -0.132. The van der Waals surface area contributed by atoms with Gasteiger partial charge in [-0.2, -0.15) is 0 Å². The Morgan fingerprint density at radius 1 is 1.11 bits per heavy atom. The number of rotatable bonds is 7. The summed E-state index contributed by atoms with van der Waals surface area (Å²) in [5.41, 5.74) is 3.19. The lowest BCUT2D eigenvalue weighted by Gasteiger charge is -2.33. The van der Waals surface area contributed by atoms with Crippen molar-refractivity contribution in [3.05, 3.63) is 82.9 Å². The molecule has 3 aromatic rings. The van der Waals surface area contributed by atoms with Crippen LogP contribution in [0.4, 0.5) is 16.2 Å². The van der Waals surface area contributed by atoms with E-state index in [1.54, 1.807) is 24.3 Å². The number of urea groups is 1. The van der Waals surface area contributed by atoms with Crippen molar-refractivity contribution in [2.24, 2.45) is 0 Å². The van der Waals surface area contributed by atoms with Crippen LogP contribution in [0.1, 0.15) is 23.6 Å². The molecule has 3 N–H and O–H groups in total. The maximum absolute atomic E-state index is 13.9. The Morgan fingerprint density at radius 2 is 1.95 bits per heavy atom. The highest BCUT2D eigenvalue weighted by Gasteiger charge is 2.35. The number of carbonyl (C=O) groups is 2. The van der Waals surface area contributed by atoms with Crippen LogP contribution >= 0.6 is 11.6 Å². The molecule has 0 aliphatic carbocycles. The van der Waals surface area contributed by atoms with E-state index in [-0.39, 0.29) is 12.5 Å². The second-order valence-electron chi connectivity index (χ2n) is 9.03. The summed E-state index contributed by atoms with van der Waals surface area (Å²) < 4.78 is 11.1. The van der Waals surface area contributed by atoms with Crippen molar-refractivity contribution in [2.45, 2.75) is 19.0 Å². The average Bonchev–Trinajstić information content (AvgIpc) is 3.45. The Bertz CT molecular complexity index is 1310. The third-order valence-corrected chi connectivity index (χ3v) is 6.87. The highest BCUT2D eigenvalue weighted by molar-refractivity contribution is 6.33. The van der Waals surface area contributed by atoms with E-state index < -0.39 is 12.1 Å². The maximum Gasteiger partial charge on any atom is 0.315 e. The largest absolute Gasteiger partial charge is 0.497 e. The number of anilines is 2. The van der Waals surface area contributed by atoms with Crippen LogP contribution in [0.2, 0.25) is 5.02 Å². The summed E-state index contributed by atoms with van der Waals surface area (Å²) in [6.45, 7) is 2.76. The monoisotopic (exact) mass is 535 g/mol. The van der Waals surface area contributed by atoms with Crippen LogP contribution in [0.15, 0.2) is 66.7 Å². The van der Waals surface area contributed by atoms with Gasteiger partial charge in [-0.1, -0.05) is 48.0 Å². The van der Waals surface area contributed by atoms with E-state index >= 15 is 0 Å². The zero-order chi connectivity index (χ0) is 26.5. The number of benzene rings is 3. The number of hydrazine groups is 1. The molecule has 2 aliphatic rings.